The van der Waals surface area contributed by atoms with Gasteiger partial charge in [0.1, 0.15) is 12.1 Å². The fraction of sp³-hybridized carbons (Fsp3) is 0.444. The van der Waals surface area contributed by atoms with Crippen LogP contribution < -0.4 is 4.90 Å². The topological polar surface area (TPSA) is 62.2 Å². The normalized spacial score (nSPS) is 19.4. The average Bonchev–Trinajstić information content (AvgIpc) is 3.27. The number of aryl methyl sites for hydroxylation is 1. The van der Waals surface area contributed by atoms with Gasteiger partial charge >= 0.3 is 0 Å². The van der Waals surface area contributed by atoms with E-state index in [0.717, 1.165) is 41.3 Å². The molecule has 1 atom stereocenters. The summed E-state index contributed by atoms with van der Waals surface area (Å²) in [6.45, 7) is 6.66. The van der Waals surface area contributed by atoms with Crippen LogP contribution in [0.5, 0.6) is 0 Å². The van der Waals surface area contributed by atoms with Gasteiger partial charge in [0.25, 0.3) is 0 Å². The van der Waals surface area contributed by atoms with Crippen molar-refractivity contribution in [3.8, 4) is 0 Å². The van der Waals surface area contributed by atoms with Crippen LogP contribution in [0.4, 0.5) is 5.82 Å². The summed E-state index contributed by atoms with van der Waals surface area (Å²) in [5, 5.41) is 0.712. The third-order valence-corrected chi connectivity index (χ3v) is 5.74. The number of rotatable bonds is 2. The number of anilines is 1. The molecular formula is C18H20ClN5O. The quantitative estimate of drug-likeness (QED) is 0.826. The predicted octanol–water partition coefficient (Wildman–Crippen LogP) is 2.51. The minimum atomic E-state index is 0.00107. The number of fused-ring (bicyclic) bond motifs is 1. The molecule has 0 N–H and O–H groups in total. The first-order valence-corrected chi connectivity index (χ1v) is 8.86. The van der Waals surface area contributed by atoms with E-state index in [0.29, 0.717) is 24.7 Å². The smallest absolute Gasteiger partial charge is 0.228 e. The van der Waals surface area contributed by atoms with Crippen LogP contribution in [0.1, 0.15) is 28.9 Å². The Hall–Kier alpha value is -2.21. The van der Waals surface area contributed by atoms with Gasteiger partial charge in [-0.1, -0.05) is 11.6 Å². The lowest BCUT2D eigenvalue weighted by molar-refractivity contribution is -0.135. The van der Waals surface area contributed by atoms with Gasteiger partial charge in [0.2, 0.25) is 5.91 Å². The summed E-state index contributed by atoms with van der Waals surface area (Å²) >= 11 is 6.32. The molecule has 4 rings (SSSR count). The van der Waals surface area contributed by atoms with Crippen molar-refractivity contribution >= 4 is 23.3 Å². The van der Waals surface area contributed by atoms with Crippen molar-refractivity contribution in [2.24, 2.45) is 5.92 Å². The van der Waals surface area contributed by atoms with Crippen LogP contribution in [0, 0.1) is 19.8 Å². The van der Waals surface area contributed by atoms with Crippen molar-refractivity contribution in [1.29, 1.82) is 0 Å². The minimum absolute atomic E-state index is 0.00107. The van der Waals surface area contributed by atoms with E-state index in [1.807, 2.05) is 24.8 Å². The standard InChI is InChI=1S/C18H20ClN5O/c1-11-14-8-24(9-15(14)22-12(2)17(11)19)18(25)13-4-6-23(7-13)16-3-5-20-10-21-16/h3,5,10,13H,4,6-9H2,1-2H3. The Morgan fingerprint density at radius 2 is 2.16 bits per heavy atom. The first kappa shape index (κ1) is 16.3. The summed E-state index contributed by atoms with van der Waals surface area (Å²) in [7, 11) is 0. The van der Waals surface area contributed by atoms with Crippen molar-refractivity contribution in [1.82, 2.24) is 19.9 Å². The SMILES string of the molecule is Cc1nc2c(c(C)c1Cl)CN(C(=O)C1CCN(c3ccncn3)C1)C2. The molecule has 0 spiro atoms. The third kappa shape index (κ3) is 2.84. The van der Waals surface area contributed by atoms with Crippen LogP contribution in [0.15, 0.2) is 18.6 Å². The van der Waals surface area contributed by atoms with Gasteiger partial charge in [-0.05, 0) is 37.5 Å². The Labute approximate surface area is 151 Å². The molecule has 2 aromatic rings. The van der Waals surface area contributed by atoms with Gasteiger partial charge in [-0.25, -0.2) is 9.97 Å². The number of pyridine rings is 1. The van der Waals surface area contributed by atoms with Crippen LogP contribution in [0.25, 0.3) is 0 Å². The predicted molar refractivity (Wildman–Crippen MR) is 95.3 cm³/mol. The second-order valence-corrected chi connectivity index (χ2v) is 7.13. The summed E-state index contributed by atoms with van der Waals surface area (Å²) in [6, 6.07) is 1.89. The van der Waals surface area contributed by atoms with Crippen molar-refractivity contribution in [3.05, 3.63) is 46.1 Å². The molecule has 130 valence electrons. The average molecular weight is 358 g/mol. The molecule has 0 aliphatic carbocycles. The van der Waals surface area contributed by atoms with Crippen LogP contribution in [0.3, 0.4) is 0 Å². The summed E-state index contributed by atoms with van der Waals surface area (Å²) in [6.07, 6.45) is 4.12. The maximum Gasteiger partial charge on any atom is 0.228 e. The second-order valence-electron chi connectivity index (χ2n) is 6.75. The molecule has 0 radical (unpaired) electrons. The van der Waals surface area contributed by atoms with Gasteiger partial charge in [-0.3, -0.25) is 9.78 Å². The van der Waals surface area contributed by atoms with Crippen LogP contribution >= 0.6 is 11.6 Å². The zero-order valence-electron chi connectivity index (χ0n) is 14.4. The van der Waals surface area contributed by atoms with Crippen molar-refractivity contribution < 1.29 is 4.79 Å². The zero-order chi connectivity index (χ0) is 17.6. The fourth-order valence-corrected chi connectivity index (χ4v) is 3.92. The first-order chi connectivity index (χ1) is 12.0. The van der Waals surface area contributed by atoms with Gasteiger partial charge in [-0.2, -0.15) is 0 Å². The van der Waals surface area contributed by atoms with Gasteiger partial charge in [0.15, 0.2) is 0 Å². The van der Waals surface area contributed by atoms with E-state index >= 15 is 0 Å². The molecule has 1 saturated heterocycles. The number of carbonyl (C=O) groups excluding carboxylic acids is 1. The molecule has 0 saturated carbocycles. The van der Waals surface area contributed by atoms with Crippen LogP contribution in [0.2, 0.25) is 5.02 Å². The molecule has 0 bridgehead atoms. The molecule has 2 aromatic heterocycles. The van der Waals surface area contributed by atoms with Gasteiger partial charge in [-0.15, -0.1) is 0 Å². The molecule has 1 amide bonds. The van der Waals surface area contributed by atoms with Gasteiger partial charge < -0.3 is 9.80 Å². The van der Waals surface area contributed by atoms with E-state index < -0.39 is 0 Å². The molecule has 1 fully saturated rings. The summed E-state index contributed by atoms with van der Waals surface area (Å²) in [5.41, 5.74) is 3.98. The molecule has 2 aliphatic heterocycles. The zero-order valence-corrected chi connectivity index (χ0v) is 15.1. The number of aromatic nitrogens is 3. The van der Waals surface area contributed by atoms with E-state index in [1.54, 1.807) is 12.5 Å². The monoisotopic (exact) mass is 357 g/mol. The highest BCUT2D eigenvalue weighted by atomic mass is 35.5. The molecule has 6 nitrogen and oxygen atoms in total. The number of nitrogens with zero attached hydrogens (tertiary/aromatic N) is 5. The van der Waals surface area contributed by atoms with E-state index in [4.69, 9.17) is 11.6 Å². The lowest BCUT2D eigenvalue weighted by Gasteiger charge is -2.21. The van der Waals surface area contributed by atoms with Crippen molar-refractivity contribution in [2.75, 3.05) is 18.0 Å². The molecule has 25 heavy (non-hydrogen) atoms. The number of carbonyl (C=O) groups is 1. The summed E-state index contributed by atoms with van der Waals surface area (Å²) in [5.74, 6) is 1.08. The molecule has 0 aromatic carbocycles. The molecular weight excluding hydrogens is 338 g/mol. The highest BCUT2D eigenvalue weighted by Crippen LogP contribution is 2.32. The van der Waals surface area contributed by atoms with Crippen molar-refractivity contribution in [3.63, 3.8) is 0 Å². The maximum atomic E-state index is 13.0. The van der Waals surface area contributed by atoms with Crippen LogP contribution in [-0.2, 0) is 17.9 Å². The first-order valence-electron chi connectivity index (χ1n) is 8.48. The highest BCUT2D eigenvalue weighted by Gasteiger charge is 2.35. The number of hydrogen-bond acceptors (Lipinski definition) is 5. The number of amides is 1. The second kappa shape index (κ2) is 6.26. The molecule has 2 aliphatic rings. The Kier molecular flexibility index (Phi) is 4.07. The minimum Gasteiger partial charge on any atom is -0.356 e. The lowest BCUT2D eigenvalue weighted by Crippen LogP contribution is -2.34. The molecule has 4 heterocycles. The van der Waals surface area contributed by atoms with E-state index in [2.05, 4.69) is 19.9 Å². The van der Waals surface area contributed by atoms with Crippen molar-refractivity contribution in [2.45, 2.75) is 33.4 Å². The van der Waals surface area contributed by atoms with Gasteiger partial charge in [0, 0.05) is 25.8 Å². The van der Waals surface area contributed by atoms with Gasteiger partial charge in [0.05, 0.1) is 28.9 Å². The third-order valence-electron chi connectivity index (χ3n) is 5.18. The lowest BCUT2D eigenvalue weighted by atomic mass is 10.1. The Balaban J connectivity index is 1.47. The maximum absolute atomic E-state index is 13.0. The van der Waals surface area contributed by atoms with E-state index in [9.17, 15) is 4.79 Å². The summed E-state index contributed by atoms with van der Waals surface area (Å²) < 4.78 is 0. The van der Waals surface area contributed by atoms with Crippen LogP contribution in [-0.4, -0.2) is 38.8 Å². The summed E-state index contributed by atoms with van der Waals surface area (Å²) in [4.78, 5) is 29.9. The Morgan fingerprint density at radius 1 is 1.32 bits per heavy atom. The van der Waals surface area contributed by atoms with E-state index in [1.165, 1.54) is 0 Å². The fourth-order valence-electron chi connectivity index (χ4n) is 3.76. The number of halogens is 1. The van der Waals surface area contributed by atoms with E-state index in [-0.39, 0.29) is 11.8 Å². The largest absolute Gasteiger partial charge is 0.356 e. The Bertz CT molecular complexity index is 826. The number of hydrogen-bond donors (Lipinski definition) is 0. The highest BCUT2D eigenvalue weighted by molar-refractivity contribution is 6.32. The molecule has 1 unspecified atom stereocenters. The Morgan fingerprint density at radius 3 is 2.92 bits per heavy atom. The molecule has 7 heteroatoms.